The van der Waals surface area contributed by atoms with Crippen LogP contribution < -0.4 is 4.74 Å². The van der Waals surface area contributed by atoms with Gasteiger partial charge in [0.2, 0.25) is 5.88 Å². The number of hydrogen-bond acceptors (Lipinski definition) is 6. The minimum atomic E-state index is -0.321. The lowest BCUT2D eigenvalue weighted by molar-refractivity contribution is 0.00979. The minimum absolute atomic E-state index is 0.0352. The Morgan fingerprint density at radius 2 is 2.35 bits per heavy atom. The van der Waals surface area contributed by atoms with Crippen LogP contribution in [0.1, 0.15) is 23.3 Å². The van der Waals surface area contributed by atoms with Gasteiger partial charge in [-0.1, -0.05) is 6.07 Å². The molecule has 4 rings (SSSR count). The molecule has 1 amide bonds. The van der Waals surface area contributed by atoms with Crippen LogP contribution in [0.2, 0.25) is 0 Å². The minimum Gasteiger partial charge on any atom is -0.472 e. The average Bonchev–Trinajstić information content (AvgIpc) is 3.31. The van der Waals surface area contributed by atoms with Crippen molar-refractivity contribution in [2.45, 2.75) is 24.5 Å². The number of oxazole rings is 1. The molecule has 7 nitrogen and oxygen atoms in total. The summed E-state index contributed by atoms with van der Waals surface area (Å²) in [6, 6.07) is 5.58. The van der Waals surface area contributed by atoms with Crippen molar-refractivity contribution in [1.29, 1.82) is 0 Å². The summed E-state index contributed by atoms with van der Waals surface area (Å²) < 4.78 is 16.7. The highest BCUT2D eigenvalue weighted by Gasteiger charge is 2.48. The molecule has 4 heterocycles. The van der Waals surface area contributed by atoms with Gasteiger partial charge in [0.05, 0.1) is 18.8 Å². The molecule has 0 unspecified atom stereocenters. The molecule has 0 radical (unpaired) electrons. The van der Waals surface area contributed by atoms with E-state index in [0.29, 0.717) is 31.3 Å². The Bertz CT molecular complexity index is 676. The predicted molar refractivity (Wildman–Crippen MR) is 79.0 cm³/mol. The van der Waals surface area contributed by atoms with Gasteiger partial charge in [-0.3, -0.25) is 4.79 Å². The Kier molecular flexibility index (Phi) is 3.49. The smallest absolute Gasteiger partial charge is 0.275 e. The number of pyridine rings is 1. The number of aromatic nitrogens is 2. The summed E-state index contributed by atoms with van der Waals surface area (Å²) in [7, 11) is 0. The van der Waals surface area contributed by atoms with Gasteiger partial charge in [0, 0.05) is 25.2 Å². The molecule has 120 valence electrons. The summed E-state index contributed by atoms with van der Waals surface area (Å²) in [5.41, 5.74) is 0.0140. The standard InChI is InChI=1S/C16H17N3O4/c20-15(13-9-21-11-18-13)19-6-4-16(10-19)7-12(8-22-16)23-14-3-1-2-5-17-14/h1-3,5,9,11-12H,4,6-8,10H2/t12-,16-/m0/s1. The monoisotopic (exact) mass is 315 g/mol. The molecule has 0 aliphatic carbocycles. The van der Waals surface area contributed by atoms with E-state index in [2.05, 4.69) is 9.97 Å². The zero-order valence-corrected chi connectivity index (χ0v) is 12.6. The first kappa shape index (κ1) is 14.2. The third-order valence-electron chi connectivity index (χ3n) is 4.36. The van der Waals surface area contributed by atoms with Crippen molar-refractivity contribution in [1.82, 2.24) is 14.9 Å². The normalized spacial score (nSPS) is 26.8. The van der Waals surface area contributed by atoms with E-state index in [9.17, 15) is 4.79 Å². The van der Waals surface area contributed by atoms with Crippen LogP contribution in [0, 0.1) is 0 Å². The number of carbonyl (C=O) groups is 1. The molecule has 2 aromatic heterocycles. The number of carbonyl (C=O) groups excluding carboxylic acids is 1. The van der Waals surface area contributed by atoms with Crippen molar-refractivity contribution >= 4 is 5.91 Å². The number of amides is 1. The molecule has 0 saturated carbocycles. The average molecular weight is 315 g/mol. The molecule has 1 spiro atoms. The molecule has 2 fully saturated rings. The second-order valence-corrected chi connectivity index (χ2v) is 5.96. The number of ether oxygens (including phenoxy) is 2. The molecule has 0 bridgehead atoms. The van der Waals surface area contributed by atoms with E-state index in [4.69, 9.17) is 13.9 Å². The molecule has 23 heavy (non-hydrogen) atoms. The number of likely N-dealkylation sites (tertiary alicyclic amines) is 1. The third-order valence-corrected chi connectivity index (χ3v) is 4.36. The molecule has 2 atom stereocenters. The molecule has 0 N–H and O–H groups in total. The fraction of sp³-hybridized carbons (Fsp3) is 0.438. The Balaban J connectivity index is 1.38. The van der Waals surface area contributed by atoms with E-state index in [-0.39, 0.29) is 17.6 Å². The van der Waals surface area contributed by atoms with Crippen molar-refractivity contribution in [3.05, 3.63) is 42.7 Å². The molecule has 0 aromatic carbocycles. The lowest BCUT2D eigenvalue weighted by Gasteiger charge is -2.22. The summed E-state index contributed by atoms with van der Waals surface area (Å²) in [5, 5.41) is 0. The first-order valence-corrected chi connectivity index (χ1v) is 7.63. The Morgan fingerprint density at radius 1 is 1.39 bits per heavy atom. The first-order chi connectivity index (χ1) is 11.2. The second-order valence-electron chi connectivity index (χ2n) is 5.96. The molecule has 7 heteroatoms. The Labute approximate surface area is 133 Å². The van der Waals surface area contributed by atoms with Gasteiger partial charge >= 0.3 is 0 Å². The van der Waals surface area contributed by atoms with Crippen molar-refractivity contribution < 1.29 is 18.7 Å². The van der Waals surface area contributed by atoms with E-state index < -0.39 is 0 Å². The number of hydrogen-bond donors (Lipinski definition) is 0. The highest BCUT2D eigenvalue weighted by Crippen LogP contribution is 2.36. The maximum Gasteiger partial charge on any atom is 0.275 e. The van der Waals surface area contributed by atoms with E-state index in [1.54, 1.807) is 11.1 Å². The summed E-state index contributed by atoms with van der Waals surface area (Å²) in [6.45, 7) is 1.73. The van der Waals surface area contributed by atoms with Gasteiger partial charge in [-0.05, 0) is 12.5 Å². The highest BCUT2D eigenvalue weighted by molar-refractivity contribution is 5.92. The van der Waals surface area contributed by atoms with Crippen LogP contribution in [0.5, 0.6) is 5.88 Å². The Hall–Kier alpha value is -2.41. The van der Waals surface area contributed by atoms with Gasteiger partial charge in [0.1, 0.15) is 12.4 Å². The largest absolute Gasteiger partial charge is 0.472 e. The van der Waals surface area contributed by atoms with Crippen LogP contribution in [0.3, 0.4) is 0 Å². The summed E-state index contributed by atoms with van der Waals surface area (Å²) in [4.78, 5) is 22.2. The van der Waals surface area contributed by atoms with Crippen LogP contribution in [0.25, 0.3) is 0 Å². The molecular weight excluding hydrogens is 298 g/mol. The topological polar surface area (TPSA) is 77.7 Å². The third kappa shape index (κ3) is 2.79. The van der Waals surface area contributed by atoms with E-state index in [1.165, 1.54) is 12.7 Å². The van der Waals surface area contributed by atoms with Crippen molar-refractivity contribution in [2.75, 3.05) is 19.7 Å². The lowest BCUT2D eigenvalue weighted by Crippen LogP contribution is -2.36. The van der Waals surface area contributed by atoms with Crippen LogP contribution in [0.15, 0.2) is 41.5 Å². The van der Waals surface area contributed by atoms with E-state index >= 15 is 0 Å². The van der Waals surface area contributed by atoms with E-state index in [1.807, 2.05) is 18.2 Å². The predicted octanol–water partition coefficient (Wildman–Crippen LogP) is 1.52. The van der Waals surface area contributed by atoms with Gasteiger partial charge < -0.3 is 18.8 Å². The summed E-state index contributed by atoms with van der Waals surface area (Å²) in [6.07, 6.45) is 5.86. The fourth-order valence-electron chi connectivity index (χ4n) is 3.25. The SMILES string of the molecule is O=C(c1cocn1)N1CC[C@]2(C[C@H](Oc3ccccn3)CO2)C1. The quantitative estimate of drug-likeness (QED) is 0.854. The van der Waals surface area contributed by atoms with E-state index in [0.717, 1.165) is 12.8 Å². The lowest BCUT2D eigenvalue weighted by atomic mass is 9.98. The summed E-state index contributed by atoms with van der Waals surface area (Å²) in [5.74, 6) is 0.486. The first-order valence-electron chi connectivity index (χ1n) is 7.63. The number of nitrogens with zero attached hydrogens (tertiary/aromatic N) is 3. The highest BCUT2D eigenvalue weighted by atomic mass is 16.6. The van der Waals surface area contributed by atoms with Gasteiger partial charge in [-0.15, -0.1) is 0 Å². The van der Waals surface area contributed by atoms with Crippen LogP contribution in [-0.4, -0.2) is 52.2 Å². The maximum atomic E-state index is 12.3. The second kappa shape index (κ2) is 5.66. The molecular formula is C16H17N3O4. The van der Waals surface area contributed by atoms with Crippen LogP contribution in [-0.2, 0) is 4.74 Å². The molecule has 2 aliphatic rings. The van der Waals surface area contributed by atoms with Gasteiger partial charge in [0.25, 0.3) is 5.91 Å². The van der Waals surface area contributed by atoms with Crippen molar-refractivity contribution in [3.8, 4) is 5.88 Å². The van der Waals surface area contributed by atoms with Gasteiger partial charge in [0.15, 0.2) is 12.1 Å². The van der Waals surface area contributed by atoms with Crippen molar-refractivity contribution in [2.24, 2.45) is 0 Å². The van der Waals surface area contributed by atoms with Crippen LogP contribution >= 0.6 is 0 Å². The molecule has 2 aromatic rings. The van der Waals surface area contributed by atoms with Crippen LogP contribution in [0.4, 0.5) is 0 Å². The maximum absolute atomic E-state index is 12.3. The molecule has 2 saturated heterocycles. The zero-order chi connectivity index (χ0) is 15.7. The van der Waals surface area contributed by atoms with Gasteiger partial charge in [-0.2, -0.15) is 0 Å². The fourth-order valence-corrected chi connectivity index (χ4v) is 3.25. The van der Waals surface area contributed by atoms with Crippen molar-refractivity contribution in [3.63, 3.8) is 0 Å². The summed E-state index contributed by atoms with van der Waals surface area (Å²) >= 11 is 0. The molecule has 2 aliphatic heterocycles. The van der Waals surface area contributed by atoms with Gasteiger partial charge in [-0.25, -0.2) is 9.97 Å². The Morgan fingerprint density at radius 3 is 3.13 bits per heavy atom. The number of rotatable bonds is 3. The zero-order valence-electron chi connectivity index (χ0n) is 12.6.